The number of amides is 2. The van der Waals surface area contributed by atoms with Crippen LogP contribution < -0.4 is 11.1 Å². The van der Waals surface area contributed by atoms with Crippen LogP contribution in [0.15, 0.2) is 0 Å². The Bertz CT molecular complexity index is 386. The zero-order valence-corrected chi connectivity index (χ0v) is 9.71. The summed E-state index contributed by atoms with van der Waals surface area (Å²) in [4.78, 5) is 21.7. The van der Waals surface area contributed by atoms with Crippen LogP contribution >= 0.6 is 0 Å². The van der Waals surface area contributed by atoms with E-state index in [0.717, 1.165) is 6.42 Å². The van der Waals surface area contributed by atoms with Crippen LogP contribution in [-0.4, -0.2) is 23.3 Å². The summed E-state index contributed by atoms with van der Waals surface area (Å²) in [5, 5.41) is 11.1. The second-order valence-electron chi connectivity index (χ2n) is 4.41. The van der Waals surface area contributed by atoms with Crippen molar-refractivity contribution in [1.82, 2.24) is 5.32 Å². The zero-order chi connectivity index (χ0) is 13.8. The number of hydrogen-bond donors (Lipinski definition) is 2. The van der Waals surface area contributed by atoms with Gasteiger partial charge < -0.3 is 11.1 Å². The molecule has 2 amide bonds. The van der Waals surface area contributed by atoms with Crippen LogP contribution in [0.25, 0.3) is 0 Å². The first-order valence-corrected chi connectivity index (χ1v) is 5.51. The van der Waals surface area contributed by atoms with E-state index in [2.05, 4.69) is 5.32 Å². The van der Waals surface area contributed by atoms with E-state index in [0.29, 0.717) is 12.8 Å². The van der Waals surface area contributed by atoms with Gasteiger partial charge in [0.1, 0.15) is 5.54 Å². The first-order valence-electron chi connectivity index (χ1n) is 5.51. The van der Waals surface area contributed by atoms with Gasteiger partial charge in [-0.15, -0.1) is 0 Å². The number of carbonyl (C=O) groups excluding carboxylic acids is 2. The lowest BCUT2D eigenvalue weighted by Crippen LogP contribution is -2.36. The van der Waals surface area contributed by atoms with Crippen molar-refractivity contribution >= 4 is 11.8 Å². The molecule has 0 aliphatic heterocycles. The van der Waals surface area contributed by atoms with Crippen molar-refractivity contribution in [2.24, 2.45) is 5.73 Å². The topological polar surface area (TPSA) is 96.0 Å². The molecule has 0 unspecified atom stereocenters. The van der Waals surface area contributed by atoms with E-state index in [1.165, 1.54) is 0 Å². The first kappa shape index (κ1) is 14.4. The van der Waals surface area contributed by atoms with Gasteiger partial charge in [-0.05, 0) is 12.8 Å². The Labute approximate surface area is 103 Å². The first-order chi connectivity index (χ1) is 8.29. The lowest BCUT2D eigenvalue weighted by Gasteiger charge is -2.15. The molecule has 18 heavy (non-hydrogen) atoms. The van der Waals surface area contributed by atoms with Gasteiger partial charge in [-0.2, -0.15) is 5.26 Å². The van der Waals surface area contributed by atoms with E-state index >= 15 is 0 Å². The fourth-order valence-corrected chi connectivity index (χ4v) is 1.33. The number of rotatable bonds is 7. The minimum atomic E-state index is -3.14. The molecule has 1 aliphatic carbocycles. The van der Waals surface area contributed by atoms with Crippen LogP contribution in [0.1, 0.15) is 32.1 Å². The Hall–Kier alpha value is -1.71. The number of hydrogen-bond acceptors (Lipinski definition) is 3. The number of carbonyl (C=O) groups is 2. The summed E-state index contributed by atoms with van der Waals surface area (Å²) < 4.78 is 26.4. The average Bonchev–Trinajstić information content (AvgIpc) is 3.05. The van der Waals surface area contributed by atoms with E-state index in [9.17, 15) is 18.4 Å². The van der Waals surface area contributed by atoms with Crippen LogP contribution in [0, 0.1) is 17.8 Å². The molecule has 5 nitrogen and oxygen atoms in total. The smallest absolute Gasteiger partial charge is 0.249 e. The predicted octanol–water partition coefficient (Wildman–Crippen LogP) is 0.654. The van der Waals surface area contributed by atoms with Gasteiger partial charge in [-0.1, -0.05) is 0 Å². The molecule has 7 heteroatoms. The van der Waals surface area contributed by atoms with Gasteiger partial charge in [0, 0.05) is 19.3 Å². The van der Waals surface area contributed by atoms with Crippen LogP contribution in [0.3, 0.4) is 0 Å². The monoisotopic (exact) mass is 258 g/mol. The molecule has 1 aliphatic rings. The Morgan fingerprint density at radius 3 is 2.56 bits per heavy atom. The quantitative estimate of drug-likeness (QED) is 0.701. The molecule has 0 heterocycles. The molecule has 0 atom stereocenters. The van der Waals surface area contributed by atoms with Gasteiger partial charge in [0.2, 0.25) is 17.7 Å². The lowest BCUT2D eigenvalue weighted by molar-refractivity contribution is -0.120. The van der Waals surface area contributed by atoms with Crippen LogP contribution in [0.5, 0.6) is 0 Å². The van der Waals surface area contributed by atoms with Gasteiger partial charge >= 0.3 is 0 Å². The molecule has 1 rings (SSSR count). The average molecular weight is 258 g/mol. The standard InChI is InChI=1S/C11H14F2N3O2/c12-11(13,3-1-8(15)17)4-2-9(18)16-10(7-14)5-6-10/h2H,1,3-6H2,(H2,15,17)(H,16,18). The third-order valence-corrected chi connectivity index (χ3v) is 2.65. The molecular weight excluding hydrogens is 244 g/mol. The van der Waals surface area contributed by atoms with E-state index in [1.807, 2.05) is 6.07 Å². The summed E-state index contributed by atoms with van der Waals surface area (Å²) in [5.41, 5.74) is 3.90. The Kier molecular flexibility index (Phi) is 4.22. The number of halogens is 2. The van der Waals surface area contributed by atoms with E-state index in [4.69, 9.17) is 11.0 Å². The van der Waals surface area contributed by atoms with E-state index in [1.54, 1.807) is 0 Å². The fraction of sp³-hybridized carbons (Fsp3) is 0.636. The van der Waals surface area contributed by atoms with Crippen molar-refractivity contribution in [3.8, 4) is 6.07 Å². The predicted molar refractivity (Wildman–Crippen MR) is 58.0 cm³/mol. The molecule has 1 radical (unpaired) electrons. The highest BCUT2D eigenvalue weighted by Crippen LogP contribution is 2.34. The van der Waals surface area contributed by atoms with Crippen molar-refractivity contribution in [3.05, 3.63) is 6.42 Å². The largest absolute Gasteiger partial charge is 0.370 e. The highest BCUT2D eigenvalue weighted by atomic mass is 19.3. The molecule has 0 saturated heterocycles. The van der Waals surface area contributed by atoms with Crippen molar-refractivity contribution in [2.75, 3.05) is 0 Å². The maximum atomic E-state index is 13.2. The summed E-state index contributed by atoms with van der Waals surface area (Å²) in [6.07, 6.45) is 0.00835. The molecule has 0 spiro atoms. The summed E-state index contributed by atoms with van der Waals surface area (Å²) in [6.45, 7) is 0. The molecule has 1 fully saturated rings. The van der Waals surface area contributed by atoms with Crippen molar-refractivity contribution in [1.29, 1.82) is 5.26 Å². The molecule has 0 bridgehead atoms. The molecule has 1 saturated carbocycles. The van der Waals surface area contributed by atoms with E-state index in [-0.39, 0.29) is 0 Å². The maximum absolute atomic E-state index is 13.2. The van der Waals surface area contributed by atoms with Crippen molar-refractivity contribution < 1.29 is 18.4 Å². The Balaban J connectivity index is 2.29. The molecule has 99 valence electrons. The number of nitrogens with one attached hydrogen (secondary N) is 1. The van der Waals surface area contributed by atoms with Gasteiger partial charge in [-0.3, -0.25) is 9.59 Å². The third kappa shape index (κ3) is 4.65. The van der Waals surface area contributed by atoms with Crippen LogP contribution in [-0.2, 0) is 9.59 Å². The third-order valence-electron chi connectivity index (χ3n) is 2.65. The number of nitrogens with two attached hydrogens (primary N) is 1. The number of primary amides is 1. The Morgan fingerprint density at radius 2 is 2.11 bits per heavy atom. The molecular formula is C11H14F2N3O2. The van der Waals surface area contributed by atoms with Gasteiger partial charge in [0.15, 0.2) is 0 Å². The maximum Gasteiger partial charge on any atom is 0.249 e. The van der Waals surface area contributed by atoms with Crippen LogP contribution in [0.4, 0.5) is 8.78 Å². The van der Waals surface area contributed by atoms with Gasteiger partial charge in [-0.25, -0.2) is 8.78 Å². The second-order valence-corrected chi connectivity index (χ2v) is 4.41. The summed E-state index contributed by atoms with van der Waals surface area (Å²) >= 11 is 0. The summed E-state index contributed by atoms with van der Waals surface area (Å²) in [6, 6.07) is 1.92. The van der Waals surface area contributed by atoms with Crippen molar-refractivity contribution in [3.63, 3.8) is 0 Å². The minimum absolute atomic E-state index is 0.426. The SMILES string of the molecule is N#CC1(NC(=O)[CH]CC(F)(F)CCC(N)=O)CC1. The van der Waals surface area contributed by atoms with Crippen molar-refractivity contribution in [2.45, 2.75) is 43.6 Å². The summed E-state index contributed by atoms with van der Waals surface area (Å²) in [7, 11) is 0. The normalized spacial score (nSPS) is 16.7. The minimum Gasteiger partial charge on any atom is -0.370 e. The van der Waals surface area contributed by atoms with Gasteiger partial charge in [0.25, 0.3) is 0 Å². The fourth-order valence-electron chi connectivity index (χ4n) is 1.33. The highest BCUT2D eigenvalue weighted by molar-refractivity contribution is 5.86. The lowest BCUT2D eigenvalue weighted by atomic mass is 10.1. The molecule has 0 aromatic carbocycles. The second kappa shape index (κ2) is 5.29. The number of alkyl halides is 2. The van der Waals surface area contributed by atoms with Gasteiger partial charge in [0.05, 0.1) is 12.5 Å². The Morgan fingerprint density at radius 1 is 1.50 bits per heavy atom. The molecule has 3 N–H and O–H groups in total. The molecule has 0 aromatic heterocycles. The molecule has 0 aromatic rings. The number of nitrogens with zero attached hydrogens (tertiary/aromatic N) is 1. The summed E-state index contributed by atoms with van der Waals surface area (Å²) in [5.74, 6) is -4.64. The zero-order valence-electron chi connectivity index (χ0n) is 9.71. The van der Waals surface area contributed by atoms with E-state index < -0.39 is 42.5 Å². The highest BCUT2D eigenvalue weighted by Gasteiger charge is 2.44. The number of nitriles is 1. The van der Waals surface area contributed by atoms with Crippen LogP contribution in [0.2, 0.25) is 0 Å².